The summed E-state index contributed by atoms with van der Waals surface area (Å²) in [6.07, 6.45) is 4.68. The van der Waals surface area contributed by atoms with Crippen LogP contribution in [-0.4, -0.2) is 3.21 Å². The van der Waals surface area contributed by atoms with E-state index in [1.54, 1.807) is 26.5 Å². The first-order chi connectivity index (χ1) is 21.1. The summed E-state index contributed by atoms with van der Waals surface area (Å²) >= 11 is -2.88. The average molecular weight is 670 g/mol. The van der Waals surface area contributed by atoms with Crippen LogP contribution < -0.4 is 3.27 Å². The molecule has 0 heterocycles. The van der Waals surface area contributed by atoms with Crippen molar-refractivity contribution >= 4 is 6.48 Å². The summed E-state index contributed by atoms with van der Waals surface area (Å²) in [5.41, 5.74) is 15.2. The molecule has 4 aromatic rings. The summed E-state index contributed by atoms with van der Waals surface area (Å²) in [7, 11) is 0. The normalized spacial score (nSPS) is 14.8. The van der Waals surface area contributed by atoms with Gasteiger partial charge in [-0.3, -0.25) is 0 Å². The van der Waals surface area contributed by atoms with E-state index in [9.17, 15) is 0 Å². The first-order valence-electron chi connectivity index (χ1n) is 16.7. The van der Waals surface area contributed by atoms with Gasteiger partial charge in [0, 0.05) is 0 Å². The first kappa shape index (κ1) is 32.1. The third kappa shape index (κ3) is 6.15. The summed E-state index contributed by atoms with van der Waals surface area (Å²) < 4.78 is 5.08. The minimum atomic E-state index is -2.88. The van der Waals surface area contributed by atoms with Crippen LogP contribution in [0, 0.1) is 5.41 Å². The van der Waals surface area contributed by atoms with Crippen LogP contribution in [0.2, 0.25) is 0 Å². The van der Waals surface area contributed by atoms with Crippen LogP contribution in [0.15, 0.2) is 111 Å². The van der Waals surface area contributed by atoms with Crippen molar-refractivity contribution < 1.29 is 21.3 Å². The van der Waals surface area contributed by atoms with Crippen molar-refractivity contribution in [3.63, 3.8) is 0 Å². The third-order valence-electron chi connectivity index (χ3n) is 9.87. The number of fused-ring (bicyclic) bond motifs is 3. The predicted molar refractivity (Wildman–Crippen MR) is 193 cm³/mol. The molecular formula is C44H50Zr. The topological polar surface area (TPSA) is 0 Å². The standard InChI is InChI=1S/C21H25.C13H10.C10H15.Zr/c1-20(2,3)16-7-9-18-14(12-16)11-15-13-17(21(4,5)6)8-10-19(15)18;1-3-7-12(8-4-1)11-13-9-5-2-6-10-13;1-8-5-6-9(7-8)10(2,3)4;/h7-10,12H,11H2,1-6H3;1-10H;7H,6H2,1-4H3;. The molecule has 230 valence electrons. The second kappa shape index (κ2) is 11.7. The van der Waals surface area contributed by atoms with Crippen LogP contribution in [0.4, 0.5) is 0 Å². The third-order valence-corrected chi connectivity index (χ3v) is 18.0. The number of hydrogen-bond donors (Lipinski definition) is 0. The van der Waals surface area contributed by atoms with E-state index in [4.69, 9.17) is 0 Å². The number of hydrogen-bond acceptors (Lipinski definition) is 0. The van der Waals surface area contributed by atoms with Gasteiger partial charge in [-0.1, -0.05) is 0 Å². The minimum absolute atomic E-state index is 0.0351. The van der Waals surface area contributed by atoms with Gasteiger partial charge < -0.3 is 0 Å². The van der Waals surface area contributed by atoms with Gasteiger partial charge >= 0.3 is 282 Å². The SMILES string of the molecule is CC1=[C]([Zr](=[C](c2ccccc2)c2ccccc2)[c]2c(C(C)(C)C)ccc3c2Cc2cc(C(C)(C)C)ccc2-3)CC(C(C)(C)C)=C1. The Morgan fingerprint density at radius 2 is 1.18 bits per heavy atom. The quantitative estimate of drug-likeness (QED) is 0.179. The molecular weight excluding hydrogens is 620 g/mol. The van der Waals surface area contributed by atoms with Crippen molar-refractivity contribution in [3.05, 3.63) is 145 Å². The molecule has 0 spiro atoms. The Bertz CT molecular complexity index is 1820. The fourth-order valence-electron chi connectivity index (χ4n) is 7.24. The van der Waals surface area contributed by atoms with Gasteiger partial charge in [-0.25, -0.2) is 0 Å². The Balaban J connectivity index is 1.74. The molecule has 0 aromatic heterocycles. The Morgan fingerprint density at radius 3 is 1.69 bits per heavy atom. The van der Waals surface area contributed by atoms with Gasteiger partial charge in [0.1, 0.15) is 0 Å². The maximum atomic E-state index is 2.55. The van der Waals surface area contributed by atoms with Crippen LogP contribution in [0.5, 0.6) is 0 Å². The van der Waals surface area contributed by atoms with E-state index in [0.717, 1.165) is 12.8 Å². The second-order valence-electron chi connectivity index (χ2n) is 16.3. The van der Waals surface area contributed by atoms with E-state index >= 15 is 0 Å². The van der Waals surface area contributed by atoms with Gasteiger partial charge in [0.25, 0.3) is 0 Å². The van der Waals surface area contributed by atoms with Crippen LogP contribution in [0.25, 0.3) is 11.1 Å². The Hall–Kier alpha value is -2.89. The molecule has 0 aliphatic heterocycles. The van der Waals surface area contributed by atoms with E-state index in [1.807, 2.05) is 0 Å². The summed E-state index contributed by atoms with van der Waals surface area (Å²) in [6, 6.07) is 35.0. The van der Waals surface area contributed by atoms with Crippen LogP contribution in [0.1, 0.15) is 109 Å². The zero-order valence-corrected chi connectivity index (χ0v) is 31.6. The summed E-state index contributed by atoms with van der Waals surface area (Å²) in [6.45, 7) is 23.9. The Morgan fingerprint density at radius 1 is 0.600 bits per heavy atom. The average Bonchev–Trinajstić information content (AvgIpc) is 3.55. The van der Waals surface area contributed by atoms with Gasteiger partial charge in [0.2, 0.25) is 0 Å². The molecule has 0 saturated heterocycles. The number of benzene rings is 4. The van der Waals surface area contributed by atoms with E-state index < -0.39 is 21.3 Å². The number of rotatable bonds is 4. The zero-order valence-electron chi connectivity index (χ0n) is 29.2. The molecule has 45 heavy (non-hydrogen) atoms. The molecule has 0 unspecified atom stereocenters. The van der Waals surface area contributed by atoms with Crippen molar-refractivity contribution in [2.24, 2.45) is 5.41 Å². The molecule has 4 aromatic carbocycles. The molecule has 2 aliphatic rings. The molecule has 1 heteroatoms. The van der Waals surface area contributed by atoms with E-state index in [1.165, 1.54) is 39.0 Å². The molecule has 0 bridgehead atoms. The molecule has 0 N–H and O–H groups in total. The zero-order chi connectivity index (χ0) is 32.3. The van der Waals surface area contributed by atoms with Crippen LogP contribution in [-0.2, 0) is 38.5 Å². The molecule has 0 atom stereocenters. The maximum absolute atomic E-state index is 2.88. The molecule has 0 amide bonds. The van der Waals surface area contributed by atoms with Crippen molar-refractivity contribution in [3.8, 4) is 11.1 Å². The molecule has 0 fully saturated rings. The van der Waals surface area contributed by atoms with Crippen molar-refractivity contribution in [2.75, 3.05) is 0 Å². The van der Waals surface area contributed by atoms with Crippen LogP contribution >= 0.6 is 0 Å². The van der Waals surface area contributed by atoms with E-state index in [2.05, 4.69) is 166 Å². The monoisotopic (exact) mass is 668 g/mol. The fraction of sp³-hybridized carbons (Fsp3) is 0.341. The van der Waals surface area contributed by atoms with Crippen molar-refractivity contribution in [2.45, 2.75) is 92.9 Å². The molecule has 0 nitrogen and oxygen atoms in total. The van der Waals surface area contributed by atoms with Gasteiger partial charge in [-0.2, -0.15) is 0 Å². The van der Waals surface area contributed by atoms with Crippen molar-refractivity contribution in [1.82, 2.24) is 0 Å². The predicted octanol–water partition coefficient (Wildman–Crippen LogP) is 11.0. The molecule has 2 aliphatic carbocycles. The first-order valence-corrected chi connectivity index (χ1v) is 20.4. The Kier molecular flexibility index (Phi) is 8.36. The molecule has 0 saturated carbocycles. The van der Waals surface area contributed by atoms with Crippen molar-refractivity contribution in [1.29, 1.82) is 0 Å². The fourth-order valence-corrected chi connectivity index (χ4v) is 16.7. The van der Waals surface area contributed by atoms with Gasteiger partial charge in [-0.15, -0.1) is 0 Å². The van der Waals surface area contributed by atoms with Crippen LogP contribution in [0.3, 0.4) is 0 Å². The van der Waals surface area contributed by atoms with Gasteiger partial charge in [0.15, 0.2) is 0 Å². The van der Waals surface area contributed by atoms with Gasteiger partial charge in [-0.05, 0) is 0 Å². The van der Waals surface area contributed by atoms with Gasteiger partial charge in [0.05, 0.1) is 0 Å². The second-order valence-corrected chi connectivity index (χ2v) is 22.1. The Labute approximate surface area is 280 Å². The summed E-state index contributed by atoms with van der Waals surface area (Å²) in [5.74, 6) is 0. The molecule has 0 radical (unpaired) electrons. The van der Waals surface area contributed by atoms with E-state index in [-0.39, 0.29) is 16.2 Å². The molecule has 6 rings (SSSR count). The summed E-state index contributed by atoms with van der Waals surface area (Å²) in [4.78, 5) is 0. The van der Waals surface area contributed by atoms with E-state index in [0.29, 0.717) is 0 Å². The number of allylic oxidation sites excluding steroid dienone is 4. The summed E-state index contributed by atoms with van der Waals surface area (Å²) in [5, 5.41) is 0.